The van der Waals surface area contributed by atoms with Gasteiger partial charge >= 0.3 is 0 Å². The molecule has 0 aliphatic heterocycles. The number of aliphatic hydroxyl groups is 1. The summed E-state index contributed by atoms with van der Waals surface area (Å²) >= 11 is 0. The fourth-order valence-corrected chi connectivity index (χ4v) is 1.78. The second-order valence-corrected chi connectivity index (χ2v) is 4.72. The number of nitrogen functional groups attached to an aromatic ring is 1. The van der Waals surface area contributed by atoms with Crippen LogP contribution >= 0.6 is 0 Å². The summed E-state index contributed by atoms with van der Waals surface area (Å²) in [7, 11) is 0. The Kier molecular flexibility index (Phi) is 4.90. The maximum atomic E-state index is 10.4. The maximum absolute atomic E-state index is 10.4. The molecule has 1 rings (SSSR count). The summed E-state index contributed by atoms with van der Waals surface area (Å²) < 4.78 is 0. The van der Waals surface area contributed by atoms with Crippen LogP contribution in [0.4, 0.5) is 5.82 Å². The van der Waals surface area contributed by atoms with Crippen molar-refractivity contribution in [3.63, 3.8) is 0 Å². The lowest BCUT2D eigenvalue weighted by molar-refractivity contribution is 0.0485. The highest BCUT2D eigenvalue weighted by molar-refractivity contribution is 5.44. The molecule has 1 unspecified atom stereocenters. The van der Waals surface area contributed by atoms with E-state index in [1.165, 1.54) is 0 Å². The van der Waals surface area contributed by atoms with Crippen LogP contribution in [-0.2, 0) is 5.60 Å². The number of aryl methyl sites for hydroxylation is 1. The van der Waals surface area contributed by atoms with Gasteiger partial charge in [0.1, 0.15) is 5.82 Å². The van der Waals surface area contributed by atoms with Crippen molar-refractivity contribution in [1.82, 2.24) is 10.3 Å². The molecule has 4 N–H and O–H groups in total. The van der Waals surface area contributed by atoms with E-state index in [1.807, 2.05) is 13.0 Å². The van der Waals surface area contributed by atoms with Crippen LogP contribution < -0.4 is 11.1 Å². The molecule has 1 heterocycles. The van der Waals surface area contributed by atoms with Crippen LogP contribution in [0.2, 0.25) is 0 Å². The smallest absolute Gasteiger partial charge is 0.129 e. The molecular weight excluding hydrogens is 214 g/mol. The molecule has 0 saturated carbocycles. The summed E-state index contributed by atoms with van der Waals surface area (Å²) in [5, 5.41) is 13.7. The van der Waals surface area contributed by atoms with E-state index in [2.05, 4.69) is 17.2 Å². The van der Waals surface area contributed by atoms with E-state index in [1.54, 1.807) is 13.1 Å². The lowest BCUT2D eigenvalue weighted by Gasteiger charge is -2.25. The molecule has 96 valence electrons. The van der Waals surface area contributed by atoms with Crippen molar-refractivity contribution in [3.05, 3.63) is 23.4 Å². The number of nitrogens with two attached hydrogens (primary N) is 1. The standard InChI is InChI=1S/C13H23N3O/c1-4-6-15-7-5-13(3,17)11-8-10(2)9-16-12(11)14/h8-9,15,17H,4-7H2,1-3H3,(H2,14,16). The van der Waals surface area contributed by atoms with Gasteiger partial charge in [-0.1, -0.05) is 6.92 Å². The zero-order chi connectivity index (χ0) is 12.9. The SMILES string of the molecule is CCCNCCC(C)(O)c1cc(C)cnc1N. The van der Waals surface area contributed by atoms with Gasteiger partial charge in [-0.3, -0.25) is 0 Å². The van der Waals surface area contributed by atoms with Gasteiger partial charge in [-0.15, -0.1) is 0 Å². The lowest BCUT2D eigenvalue weighted by Crippen LogP contribution is -2.29. The number of pyridine rings is 1. The van der Waals surface area contributed by atoms with Crippen molar-refractivity contribution >= 4 is 5.82 Å². The van der Waals surface area contributed by atoms with E-state index in [9.17, 15) is 5.11 Å². The number of hydrogen-bond acceptors (Lipinski definition) is 4. The first-order valence-electron chi connectivity index (χ1n) is 6.13. The molecule has 0 bridgehead atoms. The molecule has 0 spiro atoms. The van der Waals surface area contributed by atoms with Crippen molar-refractivity contribution in [2.24, 2.45) is 0 Å². The molecule has 0 aliphatic rings. The molecule has 1 atom stereocenters. The average Bonchev–Trinajstić information content (AvgIpc) is 2.28. The van der Waals surface area contributed by atoms with Gasteiger partial charge in [0.15, 0.2) is 0 Å². The van der Waals surface area contributed by atoms with E-state index in [-0.39, 0.29) is 0 Å². The van der Waals surface area contributed by atoms with E-state index in [4.69, 9.17) is 5.73 Å². The lowest BCUT2D eigenvalue weighted by atomic mass is 9.92. The fourth-order valence-electron chi connectivity index (χ4n) is 1.78. The molecule has 0 aliphatic carbocycles. The third-order valence-electron chi connectivity index (χ3n) is 2.85. The summed E-state index contributed by atoms with van der Waals surface area (Å²) in [6, 6.07) is 1.90. The van der Waals surface area contributed by atoms with Crippen LogP contribution in [0.3, 0.4) is 0 Å². The normalized spacial score (nSPS) is 14.6. The number of nitrogens with one attached hydrogen (secondary N) is 1. The Morgan fingerprint density at radius 3 is 2.82 bits per heavy atom. The first kappa shape index (κ1) is 13.9. The Morgan fingerprint density at radius 1 is 1.47 bits per heavy atom. The Bertz CT molecular complexity index is 364. The predicted octanol–water partition coefficient (Wildman–Crippen LogP) is 1.57. The van der Waals surface area contributed by atoms with E-state index < -0.39 is 5.60 Å². The third-order valence-corrected chi connectivity index (χ3v) is 2.85. The van der Waals surface area contributed by atoms with Gasteiger partial charge in [0, 0.05) is 11.8 Å². The summed E-state index contributed by atoms with van der Waals surface area (Å²) in [6.45, 7) is 7.59. The largest absolute Gasteiger partial charge is 0.385 e. The van der Waals surface area contributed by atoms with Crippen LogP contribution in [0.1, 0.15) is 37.8 Å². The summed E-state index contributed by atoms with van der Waals surface area (Å²) in [5.74, 6) is 0.413. The molecule has 1 aromatic heterocycles. The maximum Gasteiger partial charge on any atom is 0.129 e. The number of nitrogens with zero attached hydrogens (tertiary/aromatic N) is 1. The average molecular weight is 237 g/mol. The highest BCUT2D eigenvalue weighted by atomic mass is 16.3. The van der Waals surface area contributed by atoms with Gasteiger partial charge in [-0.05, 0) is 51.4 Å². The summed E-state index contributed by atoms with van der Waals surface area (Å²) in [4.78, 5) is 4.09. The van der Waals surface area contributed by atoms with E-state index in [0.29, 0.717) is 12.2 Å². The molecule has 0 fully saturated rings. The second-order valence-electron chi connectivity index (χ2n) is 4.72. The number of hydrogen-bond donors (Lipinski definition) is 3. The molecule has 17 heavy (non-hydrogen) atoms. The molecular formula is C13H23N3O. The monoisotopic (exact) mass is 237 g/mol. The van der Waals surface area contributed by atoms with Gasteiger partial charge < -0.3 is 16.2 Å². The highest BCUT2D eigenvalue weighted by Crippen LogP contribution is 2.28. The number of aromatic nitrogens is 1. The van der Waals surface area contributed by atoms with Gasteiger partial charge in [-0.2, -0.15) is 0 Å². The van der Waals surface area contributed by atoms with Crippen LogP contribution in [0, 0.1) is 6.92 Å². The summed E-state index contributed by atoms with van der Waals surface area (Å²) in [5.41, 5.74) is 6.62. The Balaban J connectivity index is 2.71. The van der Waals surface area contributed by atoms with Crippen LogP contribution in [0.15, 0.2) is 12.3 Å². The zero-order valence-electron chi connectivity index (χ0n) is 11.0. The van der Waals surface area contributed by atoms with Crippen molar-refractivity contribution in [3.8, 4) is 0 Å². The quantitative estimate of drug-likeness (QED) is 0.657. The zero-order valence-corrected chi connectivity index (χ0v) is 11.0. The van der Waals surface area contributed by atoms with Gasteiger partial charge in [0.05, 0.1) is 5.60 Å². The van der Waals surface area contributed by atoms with Gasteiger partial charge in [-0.25, -0.2) is 4.98 Å². The summed E-state index contributed by atoms with van der Waals surface area (Å²) in [6.07, 6.45) is 3.43. The Morgan fingerprint density at radius 2 is 2.18 bits per heavy atom. The molecule has 4 heteroatoms. The minimum absolute atomic E-state index is 0.413. The molecule has 0 saturated heterocycles. The first-order chi connectivity index (χ1) is 7.97. The van der Waals surface area contributed by atoms with Crippen LogP contribution in [0.5, 0.6) is 0 Å². The first-order valence-corrected chi connectivity index (χ1v) is 6.13. The molecule has 0 aromatic carbocycles. The third kappa shape index (κ3) is 3.98. The molecule has 0 radical (unpaired) electrons. The van der Waals surface area contributed by atoms with Crippen molar-refractivity contribution in [1.29, 1.82) is 0 Å². The van der Waals surface area contributed by atoms with E-state index >= 15 is 0 Å². The Hall–Kier alpha value is -1.13. The van der Waals surface area contributed by atoms with Gasteiger partial charge in [0.2, 0.25) is 0 Å². The molecule has 4 nitrogen and oxygen atoms in total. The van der Waals surface area contributed by atoms with Gasteiger partial charge in [0.25, 0.3) is 0 Å². The number of rotatable bonds is 6. The fraction of sp³-hybridized carbons (Fsp3) is 0.615. The Labute approximate surface area is 103 Å². The van der Waals surface area contributed by atoms with Crippen molar-refractivity contribution in [2.45, 2.75) is 39.2 Å². The van der Waals surface area contributed by atoms with Crippen molar-refractivity contribution in [2.75, 3.05) is 18.8 Å². The minimum Gasteiger partial charge on any atom is -0.385 e. The topological polar surface area (TPSA) is 71.2 Å². The van der Waals surface area contributed by atoms with Crippen molar-refractivity contribution < 1.29 is 5.11 Å². The molecule has 0 amide bonds. The second kappa shape index (κ2) is 5.98. The van der Waals surface area contributed by atoms with Crippen LogP contribution in [-0.4, -0.2) is 23.2 Å². The molecule has 1 aromatic rings. The van der Waals surface area contributed by atoms with Crippen LogP contribution in [0.25, 0.3) is 0 Å². The van der Waals surface area contributed by atoms with E-state index in [0.717, 1.165) is 30.6 Å². The predicted molar refractivity (Wildman–Crippen MR) is 70.7 cm³/mol. The number of anilines is 1. The minimum atomic E-state index is -0.927. The highest BCUT2D eigenvalue weighted by Gasteiger charge is 2.25.